The van der Waals surface area contributed by atoms with Crippen LogP contribution in [0.2, 0.25) is 0 Å². The summed E-state index contributed by atoms with van der Waals surface area (Å²) in [5.41, 5.74) is 1.08. The van der Waals surface area contributed by atoms with Crippen LogP contribution in [0.25, 0.3) is 0 Å². The Kier molecular flexibility index (Phi) is 4.14. The second-order valence-electron chi connectivity index (χ2n) is 1.33. The molecule has 2 nitrogen and oxygen atoms in total. The first kappa shape index (κ1) is 6.98. The summed E-state index contributed by atoms with van der Waals surface area (Å²) in [6.45, 7) is 3.93. The Morgan fingerprint density at radius 3 is 2.29 bits per heavy atom. The van der Waals surface area contributed by atoms with Gasteiger partial charge in [0.05, 0.1) is 12.1 Å². The van der Waals surface area contributed by atoms with Crippen LogP contribution in [0.15, 0.2) is 4.40 Å². The van der Waals surface area contributed by atoms with E-state index in [2.05, 4.69) is 9.12 Å². The van der Waals surface area contributed by atoms with E-state index in [1.807, 2.05) is 20.9 Å². The molecule has 0 amide bonds. The zero-order valence-corrected chi connectivity index (χ0v) is 5.67. The van der Waals surface area contributed by atoms with Crippen molar-refractivity contribution in [3.63, 3.8) is 0 Å². The van der Waals surface area contributed by atoms with Crippen molar-refractivity contribution in [2.45, 2.75) is 13.8 Å². The van der Waals surface area contributed by atoms with Gasteiger partial charge < -0.3 is 0 Å². The molecule has 0 aromatic carbocycles. The fourth-order valence-corrected chi connectivity index (χ4v) is 0.411. The minimum absolute atomic E-state index is 1.08. The Morgan fingerprint density at radius 2 is 2.14 bits per heavy atom. The fraction of sp³-hybridized carbons (Fsp3) is 0.750. The van der Waals surface area contributed by atoms with E-state index in [1.165, 1.54) is 12.1 Å². The second kappa shape index (κ2) is 4.15. The van der Waals surface area contributed by atoms with Crippen LogP contribution < -0.4 is 4.72 Å². The molecule has 0 unspecified atom stereocenters. The average molecular weight is 118 g/mol. The number of nitrogens with one attached hydrogen (secondary N) is 1. The van der Waals surface area contributed by atoms with E-state index in [4.69, 9.17) is 0 Å². The molecule has 0 atom stereocenters. The molecule has 0 aliphatic carbocycles. The summed E-state index contributed by atoms with van der Waals surface area (Å²) in [6, 6.07) is 0. The van der Waals surface area contributed by atoms with Crippen LogP contribution >= 0.6 is 12.1 Å². The maximum absolute atomic E-state index is 3.97. The first-order valence-electron chi connectivity index (χ1n) is 2.11. The molecule has 0 radical (unpaired) electrons. The Bertz CT molecular complexity index is 66.1. The van der Waals surface area contributed by atoms with Gasteiger partial charge in [0, 0.05) is 5.71 Å². The van der Waals surface area contributed by atoms with Gasteiger partial charge >= 0.3 is 0 Å². The monoisotopic (exact) mass is 118 g/mol. The molecule has 0 bridgehead atoms. The van der Waals surface area contributed by atoms with Crippen molar-refractivity contribution in [1.29, 1.82) is 0 Å². The van der Waals surface area contributed by atoms with E-state index in [0.29, 0.717) is 0 Å². The highest BCUT2D eigenvalue weighted by atomic mass is 32.2. The van der Waals surface area contributed by atoms with Crippen molar-refractivity contribution < 1.29 is 0 Å². The molecule has 0 aromatic heterocycles. The van der Waals surface area contributed by atoms with Crippen LogP contribution in [-0.4, -0.2) is 12.8 Å². The third-order valence-corrected chi connectivity index (χ3v) is 0.959. The minimum Gasteiger partial charge on any atom is -0.247 e. The van der Waals surface area contributed by atoms with Gasteiger partial charge in [0.2, 0.25) is 0 Å². The summed E-state index contributed by atoms with van der Waals surface area (Å²) in [7, 11) is 1.84. The summed E-state index contributed by atoms with van der Waals surface area (Å²) in [5, 5.41) is 0. The molecule has 0 spiro atoms. The summed E-state index contributed by atoms with van der Waals surface area (Å²) in [5.74, 6) is 0. The Labute approximate surface area is 48.7 Å². The molecular weight excluding hydrogens is 108 g/mol. The highest BCUT2D eigenvalue weighted by molar-refractivity contribution is 7.96. The highest BCUT2D eigenvalue weighted by Gasteiger charge is 1.73. The molecule has 0 rings (SSSR count). The predicted molar refractivity (Wildman–Crippen MR) is 35.4 cm³/mol. The highest BCUT2D eigenvalue weighted by Crippen LogP contribution is 1.91. The van der Waals surface area contributed by atoms with Gasteiger partial charge in [0.1, 0.15) is 0 Å². The van der Waals surface area contributed by atoms with Crippen LogP contribution in [0.1, 0.15) is 13.8 Å². The molecule has 0 heterocycles. The largest absolute Gasteiger partial charge is 0.247 e. The van der Waals surface area contributed by atoms with Gasteiger partial charge in [-0.05, 0) is 20.9 Å². The lowest BCUT2D eigenvalue weighted by Crippen LogP contribution is -1.88. The normalized spacial score (nSPS) is 8.43. The van der Waals surface area contributed by atoms with E-state index in [1.54, 1.807) is 0 Å². The fourth-order valence-electron chi connectivity index (χ4n) is 0.137. The Balaban J connectivity index is 3.08. The second-order valence-corrected chi connectivity index (χ2v) is 2.11. The molecule has 3 heteroatoms. The topological polar surface area (TPSA) is 24.4 Å². The van der Waals surface area contributed by atoms with Crippen molar-refractivity contribution in [3.05, 3.63) is 0 Å². The quantitative estimate of drug-likeness (QED) is 0.436. The zero-order chi connectivity index (χ0) is 5.70. The van der Waals surface area contributed by atoms with E-state index in [-0.39, 0.29) is 0 Å². The lowest BCUT2D eigenvalue weighted by atomic mass is 10.5. The van der Waals surface area contributed by atoms with Gasteiger partial charge in [-0.25, -0.2) is 9.12 Å². The predicted octanol–water partition coefficient (Wildman–Crippen LogP) is 1.25. The van der Waals surface area contributed by atoms with Gasteiger partial charge in [-0.3, -0.25) is 0 Å². The van der Waals surface area contributed by atoms with E-state index < -0.39 is 0 Å². The first-order valence-corrected chi connectivity index (χ1v) is 2.88. The smallest absolute Gasteiger partial charge is 0.0582 e. The van der Waals surface area contributed by atoms with Crippen LogP contribution in [0.5, 0.6) is 0 Å². The maximum atomic E-state index is 3.97. The maximum Gasteiger partial charge on any atom is 0.0582 e. The van der Waals surface area contributed by atoms with Crippen LogP contribution in [0.4, 0.5) is 0 Å². The number of hydrogen-bond acceptors (Lipinski definition) is 3. The van der Waals surface area contributed by atoms with Crippen molar-refractivity contribution in [1.82, 2.24) is 4.72 Å². The standard InChI is InChI=1S/C4H10N2S/c1-4(2)6-7-5-3/h5H,1-3H3. The molecule has 7 heavy (non-hydrogen) atoms. The van der Waals surface area contributed by atoms with Crippen molar-refractivity contribution in [2.75, 3.05) is 7.05 Å². The average Bonchev–Trinajstić information content (AvgIpc) is 1.61. The third-order valence-electron chi connectivity index (χ3n) is 0.320. The van der Waals surface area contributed by atoms with Gasteiger partial charge in [-0.15, -0.1) is 0 Å². The Hall–Kier alpha value is -0.0200. The molecular formula is C4H10N2S. The SMILES string of the molecule is CNSN=C(C)C. The molecule has 0 saturated heterocycles. The van der Waals surface area contributed by atoms with Crippen molar-refractivity contribution in [3.8, 4) is 0 Å². The zero-order valence-electron chi connectivity index (χ0n) is 4.86. The lowest BCUT2D eigenvalue weighted by molar-refractivity contribution is 1.29. The molecule has 0 aliphatic rings. The van der Waals surface area contributed by atoms with E-state index in [9.17, 15) is 0 Å². The van der Waals surface area contributed by atoms with Gasteiger partial charge in [-0.1, -0.05) is 0 Å². The molecule has 0 aliphatic heterocycles. The number of rotatable bonds is 2. The van der Waals surface area contributed by atoms with E-state index >= 15 is 0 Å². The molecule has 42 valence electrons. The first-order chi connectivity index (χ1) is 3.27. The summed E-state index contributed by atoms with van der Waals surface area (Å²) < 4.78 is 6.79. The third kappa shape index (κ3) is 5.98. The van der Waals surface area contributed by atoms with Crippen molar-refractivity contribution >= 4 is 17.8 Å². The molecule has 0 fully saturated rings. The van der Waals surface area contributed by atoms with Gasteiger partial charge in [-0.2, -0.15) is 0 Å². The van der Waals surface area contributed by atoms with Gasteiger partial charge in [0.25, 0.3) is 0 Å². The summed E-state index contributed by atoms with van der Waals surface area (Å²) >= 11 is 1.35. The lowest BCUT2D eigenvalue weighted by Gasteiger charge is -1.86. The van der Waals surface area contributed by atoms with Crippen molar-refractivity contribution in [2.24, 2.45) is 4.40 Å². The molecule has 0 saturated carbocycles. The van der Waals surface area contributed by atoms with Crippen LogP contribution in [0.3, 0.4) is 0 Å². The van der Waals surface area contributed by atoms with Crippen LogP contribution in [-0.2, 0) is 0 Å². The number of hydrogen-bond donors (Lipinski definition) is 1. The summed E-state index contributed by atoms with van der Waals surface area (Å²) in [4.78, 5) is 0. The Morgan fingerprint density at radius 1 is 1.57 bits per heavy atom. The van der Waals surface area contributed by atoms with E-state index in [0.717, 1.165) is 5.71 Å². The van der Waals surface area contributed by atoms with Crippen LogP contribution in [0, 0.1) is 0 Å². The molecule has 1 N–H and O–H groups in total. The summed E-state index contributed by atoms with van der Waals surface area (Å²) in [6.07, 6.45) is 0. The molecule has 0 aromatic rings. The number of nitrogens with zero attached hydrogens (tertiary/aromatic N) is 1. The minimum atomic E-state index is 1.08. The van der Waals surface area contributed by atoms with Gasteiger partial charge in [0.15, 0.2) is 0 Å².